The number of rotatable bonds is 8. The van der Waals surface area contributed by atoms with Gasteiger partial charge in [-0.1, -0.05) is 18.7 Å². The highest BCUT2D eigenvalue weighted by Gasteiger charge is 2.10. The van der Waals surface area contributed by atoms with Gasteiger partial charge in [-0.3, -0.25) is 14.9 Å². The Morgan fingerprint density at radius 1 is 1.14 bits per heavy atom. The Balaban J connectivity index is 1.49. The molecule has 28 heavy (non-hydrogen) atoms. The second-order valence-electron chi connectivity index (χ2n) is 5.75. The molecule has 3 rings (SSSR count). The van der Waals surface area contributed by atoms with Crippen LogP contribution in [0.1, 0.15) is 23.7 Å². The minimum atomic E-state index is -0.370. The number of aromatic nitrogens is 4. The largest absolute Gasteiger partial charge is 0.462 e. The number of amides is 1. The number of carbonyl (C=O) groups excluding carboxylic acids is 2. The molecule has 3 aromatic rings. The van der Waals surface area contributed by atoms with Gasteiger partial charge < -0.3 is 10.1 Å². The predicted octanol–water partition coefficient (Wildman–Crippen LogP) is 3.16. The highest BCUT2D eigenvalue weighted by Crippen LogP contribution is 2.19. The molecule has 0 unspecified atom stereocenters. The molecule has 1 amide bonds. The van der Waals surface area contributed by atoms with Crippen LogP contribution in [0, 0.1) is 0 Å². The van der Waals surface area contributed by atoms with Gasteiger partial charge in [0.1, 0.15) is 0 Å². The van der Waals surface area contributed by atoms with Gasteiger partial charge in [0.05, 0.1) is 17.9 Å². The summed E-state index contributed by atoms with van der Waals surface area (Å²) in [7, 11) is 0. The second kappa shape index (κ2) is 9.65. The minimum absolute atomic E-state index is 0.161. The second-order valence-corrected chi connectivity index (χ2v) is 6.70. The number of anilines is 1. The van der Waals surface area contributed by atoms with Crippen molar-refractivity contribution >= 4 is 29.3 Å². The molecule has 8 nitrogen and oxygen atoms in total. The molecule has 0 aliphatic carbocycles. The summed E-state index contributed by atoms with van der Waals surface area (Å²) in [5, 5.41) is 10.2. The molecule has 0 saturated carbocycles. The first kappa shape index (κ1) is 19.6. The Bertz CT molecular complexity index is 928. The van der Waals surface area contributed by atoms with Gasteiger partial charge in [-0.05, 0) is 42.8 Å². The first-order chi connectivity index (χ1) is 13.7. The third-order valence-corrected chi connectivity index (χ3v) is 4.44. The van der Waals surface area contributed by atoms with Crippen LogP contribution >= 0.6 is 11.8 Å². The lowest BCUT2D eigenvalue weighted by molar-refractivity contribution is -0.113. The molecular formula is C19H19N5O3S. The van der Waals surface area contributed by atoms with Gasteiger partial charge in [0.25, 0.3) is 0 Å². The van der Waals surface area contributed by atoms with E-state index in [0.29, 0.717) is 28.8 Å². The lowest BCUT2D eigenvalue weighted by Crippen LogP contribution is -2.14. The maximum absolute atomic E-state index is 12.1. The van der Waals surface area contributed by atoms with Gasteiger partial charge in [-0.25, -0.2) is 9.78 Å². The zero-order valence-corrected chi connectivity index (χ0v) is 16.0. The quantitative estimate of drug-likeness (QED) is 0.444. The summed E-state index contributed by atoms with van der Waals surface area (Å²) in [6, 6.07) is 10.2. The molecule has 2 heterocycles. The number of H-pyrrole nitrogens is 1. The molecule has 2 N–H and O–H groups in total. The normalized spacial score (nSPS) is 10.5. The van der Waals surface area contributed by atoms with E-state index in [4.69, 9.17) is 4.74 Å². The standard InChI is InChI=1S/C19H19N5O3S/c1-2-11-27-18(26)14-3-5-15(6-4-14)21-16(25)12-28-19-22-17(23-24-19)13-7-9-20-10-8-13/h3-10H,2,11-12H2,1H3,(H,21,25)(H,22,23,24). The first-order valence-electron chi connectivity index (χ1n) is 8.68. The lowest BCUT2D eigenvalue weighted by Gasteiger charge is -2.06. The van der Waals surface area contributed by atoms with Crippen molar-refractivity contribution in [2.45, 2.75) is 18.5 Å². The fraction of sp³-hybridized carbons (Fsp3) is 0.211. The van der Waals surface area contributed by atoms with Crippen molar-refractivity contribution in [1.82, 2.24) is 20.2 Å². The molecular weight excluding hydrogens is 378 g/mol. The van der Waals surface area contributed by atoms with Gasteiger partial charge in [0, 0.05) is 23.6 Å². The molecule has 9 heteroatoms. The van der Waals surface area contributed by atoms with Gasteiger partial charge in [0.15, 0.2) is 5.82 Å². The average molecular weight is 397 g/mol. The van der Waals surface area contributed by atoms with Gasteiger partial charge >= 0.3 is 5.97 Å². The van der Waals surface area contributed by atoms with E-state index in [0.717, 1.165) is 12.0 Å². The molecule has 0 bridgehead atoms. The van der Waals surface area contributed by atoms with E-state index in [1.165, 1.54) is 11.8 Å². The Hall–Kier alpha value is -3.20. The van der Waals surface area contributed by atoms with E-state index < -0.39 is 0 Å². The Morgan fingerprint density at radius 2 is 1.89 bits per heavy atom. The van der Waals surface area contributed by atoms with Crippen LogP contribution in [0.3, 0.4) is 0 Å². The van der Waals surface area contributed by atoms with Crippen molar-refractivity contribution < 1.29 is 14.3 Å². The Kier molecular flexibility index (Phi) is 6.74. The van der Waals surface area contributed by atoms with Crippen LogP contribution in [0.2, 0.25) is 0 Å². The number of benzene rings is 1. The van der Waals surface area contributed by atoms with Crippen LogP contribution in [0.25, 0.3) is 11.4 Å². The maximum atomic E-state index is 12.1. The molecule has 0 aliphatic rings. The number of esters is 1. The van der Waals surface area contributed by atoms with E-state index in [1.54, 1.807) is 36.7 Å². The molecule has 0 fully saturated rings. The van der Waals surface area contributed by atoms with Crippen LogP contribution in [0.5, 0.6) is 0 Å². The molecule has 144 valence electrons. The summed E-state index contributed by atoms with van der Waals surface area (Å²) in [5.74, 6) is 0.218. The monoisotopic (exact) mass is 397 g/mol. The van der Waals surface area contributed by atoms with E-state index in [9.17, 15) is 9.59 Å². The Labute approximate surface area is 166 Å². The summed E-state index contributed by atoms with van der Waals surface area (Å²) in [4.78, 5) is 32.2. The number of nitrogens with one attached hydrogen (secondary N) is 2. The summed E-state index contributed by atoms with van der Waals surface area (Å²) < 4.78 is 5.07. The summed E-state index contributed by atoms with van der Waals surface area (Å²) >= 11 is 1.23. The Morgan fingerprint density at radius 3 is 2.61 bits per heavy atom. The van der Waals surface area contributed by atoms with E-state index in [-0.39, 0.29) is 17.6 Å². The number of carbonyl (C=O) groups is 2. The van der Waals surface area contributed by atoms with E-state index in [2.05, 4.69) is 25.5 Å². The van der Waals surface area contributed by atoms with Crippen molar-refractivity contribution in [3.8, 4) is 11.4 Å². The molecule has 0 aliphatic heterocycles. The lowest BCUT2D eigenvalue weighted by atomic mass is 10.2. The summed E-state index contributed by atoms with van der Waals surface area (Å²) in [6.07, 6.45) is 4.12. The number of aromatic amines is 1. The van der Waals surface area contributed by atoms with Gasteiger partial charge in [0.2, 0.25) is 11.1 Å². The molecule has 0 spiro atoms. The minimum Gasteiger partial charge on any atom is -0.462 e. The SMILES string of the molecule is CCCOC(=O)c1ccc(NC(=O)CSc2n[nH]c(-c3ccncc3)n2)cc1. The fourth-order valence-electron chi connectivity index (χ4n) is 2.24. The van der Waals surface area contributed by atoms with E-state index in [1.807, 2.05) is 19.1 Å². The number of nitrogens with zero attached hydrogens (tertiary/aromatic N) is 3. The number of hydrogen-bond acceptors (Lipinski definition) is 7. The average Bonchev–Trinajstić information content (AvgIpc) is 3.21. The van der Waals surface area contributed by atoms with E-state index >= 15 is 0 Å². The number of thioether (sulfide) groups is 1. The number of pyridine rings is 1. The maximum Gasteiger partial charge on any atom is 0.338 e. The summed E-state index contributed by atoms with van der Waals surface area (Å²) in [5.41, 5.74) is 1.92. The van der Waals surface area contributed by atoms with Crippen LogP contribution < -0.4 is 5.32 Å². The van der Waals surface area contributed by atoms with Crippen LogP contribution in [0.4, 0.5) is 5.69 Å². The van der Waals surface area contributed by atoms with Crippen molar-refractivity contribution in [2.24, 2.45) is 0 Å². The third-order valence-electron chi connectivity index (χ3n) is 3.59. The topological polar surface area (TPSA) is 110 Å². The number of ether oxygens (including phenoxy) is 1. The van der Waals surface area contributed by atoms with Crippen LogP contribution in [0.15, 0.2) is 53.9 Å². The summed E-state index contributed by atoms with van der Waals surface area (Å²) in [6.45, 7) is 2.32. The van der Waals surface area contributed by atoms with Crippen molar-refractivity contribution in [1.29, 1.82) is 0 Å². The zero-order valence-electron chi connectivity index (χ0n) is 15.2. The zero-order chi connectivity index (χ0) is 19.8. The van der Waals surface area contributed by atoms with Crippen molar-refractivity contribution in [3.05, 3.63) is 54.4 Å². The smallest absolute Gasteiger partial charge is 0.338 e. The predicted molar refractivity (Wildman–Crippen MR) is 106 cm³/mol. The fourth-order valence-corrected chi connectivity index (χ4v) is 2.84. The first-order valence-corrected chi connectivity index (χ1v) is 9.67. The van der Waals surface area contributed by atoms with Gasteiger partial charge in [-0.15, -0.1) is 5.10 Å². The molecule has 0 atom stereocenters. The highest BCUT2D eigenvalue weighted by atomic mass is 32.2. The van der Waals surface area contributed by atoms with Crippen LogP contribution in [-0.2, 0) is 9.53 Å². The van der Waals surface area contributed by atoms with Crippen molar-refractivity contribution in [2.75, 3.05) is 17.7 Å². The third kappa shape index (κ3) is 5.40. The van der Waals surface area contributed by atoms with Crippen molar-refractivity contribution in [3.63, 3.8) is 0 Å². The molecule has 0 saturated heterocycles. The van der Waals surface area contributed by atoms with Crippen LogP contribution in [-0.4, -0.2) is 44.4 Å². The molecule has 2 aromatic heterocycles. The molecule has 1 aromatic carbocycles. The highest BCUT2D eigenvalue weighted by molar-refractivity contribution is 7.99. The molecule has 0 radical (unpaired) electrons. The number of hydrogen-bond donors (Lipinski definition) is 2. The van der Waals surface area contributed by atoms with Gasteiger partial charge in [-0.2, -0.15) is 0 Å².